The quantitative estimate of drug-likeness (QED) is 0.731. The van der Waals surface area contributed by atoms with Crippen molar-refractivity contribution >= 4 is 9.84 Å². The van der Waals surface area contributed by atoms with E-state index in [1.165, 1.54) is 13.1 Å². The zero-order chi connectivity index (χ0) is 13.8. The molecule has 0 amide bonds. The Morgan fingerprint density at radius 1 is 1.50 bits per heavy atom. The molecule has 0 aromatic carbocycles. The van der Waals surface area contributed by atoms with Gasteiger partial charge < -0.3 is 10.3 Å². The lowest BCUT2D eigenvalue weighted by Gasteiger charge is -2.09. The van der Waals surface area contributed by atoms with E-state index in [1.807, 2.05) is 6.92 Å². The molecule has 6 nitrogen and oxygen atoms in total. The molecular weight excluding hydrogens is 254 g/mol. The summed E-state index contributed by atoms with van der Waals surface area (Å²) < 4.78 is 22.7. The lowest BCUT2D eigenvalue weighted by molar-refractivity contribution is 0.588. The van der Waals surface area contributed by atoms with E-state index < -0.39 is 15.1 Å². The molecule has 1 heterocycles. The van der Waals surface area contributed by atoms with Crippen LogP contribution in [-0.4, -0.2) is 31.2 Å². The maximum Gasteiger partial charge on any atom is 0.255 e. The lowest BCUT2D eigenvalue weighted by atomic mass is 10.3. The lowest BCUT2D eigenvalue weighted by Crippen LogP contribution is -2.24. The van der Waals surface area contributed by atoms with Crippen LogP contribution in [0.4, 0.5) is 0 Å². The van der Waals surface area contributed by atoms with Gasteiger partial charge in [0, 0.05) is 24.6 Å². The van der Waals surface area contributed by atoms with Gasteiger partial charge in [0.2, 0.25) is 0 Å². The molecule has 0 aliphatic rings. The molecule has 0 aliphatic carbocycles. The van der Waals surface area contributed by atoms with Crippen LogP contribution < -0.4 is 10.9 Å². The van der Waals surface area contributed by atoms with E-state index in [4.69, 9.17) is 0 Å². The van der Waals surface area contributed by atoms with Crippen LogP contribution in [0.1, 0.15) is 36.9 Å². The standard InChI is InChI=1S/C11H19N3O3S/c1-4-5-12-6-9-7-13-10(14-11(9)15)8(2)18(3,16)17/h7-8,12H,4-6H2,1-3H3,(H,13,14,15). The molecule has 0 bridgehead atoms. The molecule has 18 heavy (non-hydrogen) atoms. The first-order chi connectivity index (χ1) is 8.36. The molecule has 1 unspecified atom stereocenters. The van der Waals surface area contributed by atoms with Gasteiger partial charge in [-0.2, -0.15) is 0 Å². The molecule has 0 spiro atoms. The van der Waals surface area contributed by atoms with Gasteiger partial charge in [0.05, 0.1) is 0 Å². The van der Waals surface area contributed by atoms with Crippen molar-refractivity contribution in [2.75, 3.05) is 12.8 Å². The van der Waals surface area contributed by atoms with Crippen molar-refractivity contribution in [2.45, 2.75) is 32.1 Å². The highest BCUT2D eigenvalue weighted by Crippen LogP contribution is 2.15. The van der Waals surface area contributed by atoms with Crippen LogP contribution in [-0.2, 0) is 16.4 Å². The fourth-order valence-electron chi connectivity index (χ4n) is 1.37. The Kier molecular flexibility index (Phi) is 5.03. The Morgan fingerprint density at radius 2 is 2.17 bits per heavy atom. The number of nitrogens with one attached hydrogen (secondary N) is 2. The Balaban J connectivity index is 2.89. The maximum atomic E-state index is 11.7. The van der Waals surface area contributed by atoms with Crippen LogP contribution in [0, 0.1) is 0 Å². The van der Waals surface area contributed by atoms with Crippen molar-refractivity contribution in [1.82, 2.24) is 15.3 Å². The molecule has 0 saturated heterocycles. The molecular formula is C11H19N3O3S. The van der Waals surface area contributed by atoms with Gasteiger partial charge in [-0.25, -0.2) is 13.4 Å². The Bertz CT molecular complexity index is 551. The fourth-order valence-corrected chi connectivity index (χ4v) is 1.90. The van der Waals surface area contributed by atoms with Crippen LogP contribution in [0.5, 0.6) is 0 Å². The number of aromatic nitrogens is 2. The number of hydrogen-bond donors (Lipinski definition) is 2. The molecule has 7 heteroatoms. The average Bonchev–Trinajstić information content (AvgIpc) is 2.29. The zero-order valence-corrected chi connectivity index (χ0v) is 11.7. The minimum absolute atomic E-state index is 0.182. The first-order valence-corrected chi connectivity index (χ1v) is 7.79. The third-order valence-electron chi connectivity index (χ3n) is 2.66. The molecule has 0 saturated carbocycles. The van der Waals surface area contributed by atoms with Gasteiger partial charge in [-0.15, -0.1) is 0 Å². The molecule has 0 fully saturated rings. The van der Waals surface area contributed by atoms with E-state index in [-0.39, 0.29) is 11.4 Å². The van der Waals surface area contributed by atoms with Crippen molar-refractivity contribution in [3.8, 4) is 0 Å². The second-order valence-corrected chi connectivity index (χ2v) is 6.64. The molecule has 0 radical (unpaired) electrons. The van der Waals surface area contributed by atoms with Crippen LogP contribution >= 0.6 is 0 Å². The van der Waals surface area contributed by atoms with Crippen molar-refractivity contribution in [3.63, 3.8) is 0 Å². The number of sulfone groups is 1. The van der Waals surface area contributed by atoms with E-state index in [0.717, 1.165) is 19.2 Å². The van der Waals surface area contributed by atoms with Gasteiger partial charge in [-0.05, 0) is 19.9 Å². The fraction of sp³-hybridized carbons (Fsp3) is 0.636. The Labute approximate surface area is 107 Å². The minimum atomic E-state index is -3.25. The van der Waals surface area contributed by atoms with Crippen molar-refractivity contribution in [2.24, 2.45) is 0 Å². The highest BCUT2D eigenvalue weighted by molar-refractivity contribution is 7.90. The molecule has 2 N–H and O–H groups in total. The van der Waals surface area contributed by atoms with Gasteiger partial charge in [0.15, 0.2) is 9.84 Å². The van der Waals surface area contributed by atoms with E-state index in [1.54, 1.807) is 0 Å². The third-order valence-corrected chi connectivity index (χ3v) is 4.17. The van der Waals surface area contributed by atoms with Crippen molar-refractivity contribution in [3.05, 3.63) is 27.9 Å². The van der Waals surface area contributed by atoms with E-state index >= 15 is 0 Å². The summed E-state index contributed by atoms with van der Waals surface area (Å²) in [5.74, 6) is 0.182. The Morgan fingerprint density at radius 3 is 2.67 bits per heavy atom. The topological polar surface area (TPSA) is 91.9 Å². The van der Waals surface area contributed by atoms with Crippen LogP contribution in [0.25, 0.3) is 0 Å². The maximum absolute atomic E-state index is 11.7. The monoisotopic (exact) mass is 273 g/mol. The van der Waals surface area contributed by atoms with E-state index in [9.17, 15) is 13.2 Å². The first-order valence-electron chi connectivity index (χ1n) is 5.84. The number of rotatable bonds is 6. The molecule has 0 aliphatic heterocycles. The molecule has 1 atom stereocenters. The third kappa shape index (κ3) is 3.92. The van der Waals surface area contributed by atoms with Crippen LogP contribution in [0.2, 0.25) is 0 Å². The number of H-pyrrole nitrogens is 1. The summed E-state index contributed by atoms with van der Waals surface area (Å²) in [6, 6.07) is 0. The summed E-state index contributed by atoms with van der Waals surface area (Å²) in [4.78, 5) is 18.3. The summed E-state index contributed by atoms with van der Waals surface area (Å²) in [5, 5.41) is 2.29. The highest BCUT2D eigenvalue weighted by atomic mass is 32.2. The smallest absolute Gasteiger partial charge is 0.255 e. The van der Waals surface area contributed by atoms with Crippen LogP contribution in [0.15, 0.2) is 11.0 Å². The average molecular weight is 273 g/mol. The predicted octanol–water partition coefficient (Wildman–Crippen LogP) is 0.375. The predicted molar refractivity (Wildman–Crippen MR) is 70.1 cm³/mol. The Hall–Kier alpha value is -1.21. The van der Waals surface area contributed by atoms with Crippen LogP contribution in [0.3, 0.4) is 0 Å². The molecule has 102 valence electrons. The summed E-state index contributed by atoms with van der Waals surface area (Å²) >= 11 is 0. The van der Waals surface area contributed by atoms with E-state index in [0.29, 0.717) is 12.1 Å². The van der Waals surface area contributed by atoms with Gasteiger partial charge in [0.1, 0.15) is 11.1 Å². The largest absolute Gasteiger partial charge is 0.312 e. The minimum Gasteiger partial charge on any atom is -0.312 e. The molecule has 1 aromatic heterocycles. The SMILES string of the molecule is CCCNCc1cnc(C(C)S(C)(=O)=O)[nH]c1=O. The second-order valence-electron chi connectivity index (χ2n) is 4.27. The summed E-state index contributed by atoms with van der Waals surface area (Å²) in [6.07, 6.45) is 3.53. The zero-order valence-electron chi connectivity index (χ0n) is 10.9. The van der Waals surface area contributed by atoms with Gasteiger partial charge in [-0.3, -0.25) is 4.79 Å². The number of aromatic amines is 1. The van der Waals surface area contributed by atoms with Gasteiger partial charge in [0.25, 0.3) is 5.56 Å². The molecule has 1 rings (SSSR count). The summed E-state index contributed by atoms with van der Waals surface area (Å²) in [6.45, 7) is 4.79. The second kappa shape index (κ2) is 6.10. The summed E-state index contributed by atoms with van der Waals surface area (Å²) in [5.41, 5.74) is 0.215. The first kappa shape index (κ1) is 14.8. The van der Waals surface area contributed by atoms with Crippen molar-refractivity contribution in [1.29, 1.82) is 0 Å². The summed E-state index contributed by atoms with van der Waals surface area (Å²) in [7, 11) is -3.25. The number of hydrogen-bond acceptors (Lipinski definition) is 5. The van der Waals surface area contributed by atoms with Crippen molar-refractivity contribution < 1.29 is 8.42 Å². The van der Waals surface area contributed by atoms with E-state index in [2.05, 4.69) is 15.3 Å². The molecule has 1 aromatic rings. The van der Waals surface area contributed by atoms with Gasteiger partial charge >= 0.3 is 0 Å². The highest BCUT2D eigenvalue weighted by Gasteiger charge is 2.19. The normalized spacial score (nSPS) is 13.5. The van der Waals surface area contributed by atoms with Gasteiger partial charge in [-0.1, -0.05) is 6.92 Å². The number of nitrogens with zero attached hydrogens (tertiary/aromatic N) is 1.